The van der Waals surface area contributed by atoms with Crippen LogP contribution in [0.15, 0.2) is 54.6 Å². The molecule has 2 aromatic rings. The van der Waals surface area contributed by atoms with Gasteiger partial charge in [-0.1, -0.05) is 55.8 Å². The molecule has 1 N–H and O–H groups in total. The lowest BCUT2D eigenvalue weighted by Gasteiger charge is -2.35. The second-order valence-corrected chi connectivity index (χ2v) is 7.62. The van der Waals surface area contributed by atoms with Gasteiger partial charge in [-0.3, -0.25) is 4.84 Å². The maximum atomic E-state index is 12.1. The summed E-state index contributed by atoms with van der Waals surface area (Å²) in [6, 6.07) is 17.6. The van der Waals surface area contributed by atoms with Crippen LogP contribution in [-0.4, -0.2) is 31.1 Å². The first-order chi connectivity index (χ1) is 13.6. The van der Waals surface area contributed by atoms with Crippen molar-refractivity contribution in [3.05, 3.63) is 65.7 Å². The number of amides is 1. The highest BCUT2D eigenvalue weighted by Gasteiger charge is 2.33. The van der Waals surface area contributed by atoms with Gasteiger partial charge >= 0.3 is 6.09 Å². The predicted octanol–water partition coefficient (Wildman–Crippen LogP) is 4.67. The van der Waals surface area contributed by atoms with E-state index >= 15 is 0 Å². The standard InChI is InChI=1S/C23H30N2O3/c1-3-23(14-7-8-15-25(2)18-23)20-12-9-13-21(16-20)28-22(26)24-27-17-19-10-5-4-6-11-19/h4-6,9-13,16H,3,7-8,14-15,17-18H2,1-2H3,(H,24,26). The van der Waals surface area contributed by atoms with Crippen molar-refractivity contribution in [2.75, 3.05) is 20.1 Å². The number of rotatable bonds is 6. The maximum Gasteiger partial charge on any atom is 0.436 e. The van der Waals surface area contributed by atoms with Crippen LogP contribution in [-0.2, 0) is 16.9 Å². The fourth-order valence-electron chi connectivity index (χ4n) is 4.02. The Morgan fingerprint density at radius 1 is 1.14 bits per heavy atom. The molecule has 5 nitrogen and oxygen atoms in total. The Kier molecular flexibility index (Phi) is 7.06. The van der Waals surface area contributed by atoms with E-state index in [1.165, 1.54) is 18.4 Å². The number of nitrogens with one attached hydrogen (secondary N) is 1. The third kappa shape index (κ3) is 5.33. The Morgan fingerprint density at radius 3 is 2.75 bits per heavy atom. The van der Waals surface area contributed by atoms with Crippen LogP contribution in [0.1, 0.15) is 43.7 Å². The summed E-state index contributed by atoms with van der Waals surface area (Å²) >= 11 is 0. The number of likely N-dealkylation sites (tertiary alicyclic amines) is 1. The Bertz CT molecular complexity index is 765. The van der Waals surface area contributed by atoms with Gasteiger partial charge in [0.15, 0.2) is 0 Å². The lowest BCUT2D eigenvalue weighted by atomic mass is 9.74. The van der Waals surface area contributed by atoms with Crippen molar-refractivity contribution in [3.63, 3.8) is 0 Å². The van der Waals surface area contributed by atoms with E-state index in [2.05, 4.69) is 30.4 Å². The smallest absolute Gasteiger partial charge is 0.409 e. The summed E-state index contributed by atoms with van der Waals surface area (Å²) in [4.78, 5) is 19.7. The first-order valence-corrected chi connectivity index (χ1v) is 10.0. The minimum absolute atomic E-state index is 0.102. The molecule has 1 saturated heterocycles. The highest BCUT2D eigenvalue weighted by molar-refractivity contribution is 5.69. The number of nitrogens with zero attached hydrogens (tertiary/aromatic N) is 1. The minimum atomic E-state index is -0.614. The van der Waals surface area contributed by atoms with Crippen molar-refractivity contribution in [2.24, 2.45) is 0 Å². The summed E-state index contributed by atoms with van der Waals surface area (Å²) in [6.45, 7) is 4.70. The molecule has 0 spiro atoms. The SMILES string of the molecule is CCC1(c2cccc(OC(=O)NOCc3ccccc3)c2)CCCCN(C)C1. The number of carbonyl (C=O) groups excluding carboxylic acids is 1. The summed E-state index contributed by atoms with van der Waals surface area (Å²) in [6.07, 6.45) is 4.06. The van der Waals surface area contributed by atoms with Gasteiger partial charge in [0.25, 0.3) is 0 Å². The van der Waals surface area contributed by atoms with E-state index in [1.54, 1.807) is 0 Å². The molecule has 1 fully saturated rings. The zero-order chi connectivity index (χ0) is 19.8. The molecule has 0 bridgehead atoms. The molecule has 1 heterocycles. The number of hydrogen-bond donors (Lipinski definition) is 1. The Morgan fingerprint density at radius 2 is 1.96 bits per heavy atom. The first kappa shape index (κ1) is 20.4. The molecular weight excluding hydrogens is 352 g/mol. The summed E-state index contributed by atoms with van der Waals surface area (Å²) in [5.41, 5.74) is 4.67. The van der Waals surface area contributed by atoms with Gasteiger partial charge < -0.3 is 9.64 Å². The molecule has 5 heteroatoms. The van der Waals surface area contributed by atoms with Crippen molar-refractivity contribution in [1.29, 1.82) is 0 Å². The van der Waals surface area contributed by atoms with E-state index in [0.717, 1.165) is 31.5 Å². The zero-order valence-electron chi connectivity index (χ0n) is 16.8. The van der Waals surface area contributed by atoms with E-state index in [0.29, 0.717) is 12.4 Å². The van der Waals surface area contributed by atoms with E-state index in [1.807, 2.05) is 48.5 Å². The summed E-state index contributed by atoms with van der Waals surface area (Å²) in [5.74, 6) is 0.540. The van der Waals surface area contributed by atoms with Crippen molar-refractivity contribution < 1.29 is 14.4 Å². The van der Waals surface area contributed by atoms with Crippen LogP contribution in [0.4, 0.5) is 4.79 Å². The van der Waals surface area contributed by atoms with E-state index in [9.17, 15) is 4.79 Å². The van der Waals surface area contributed by atoms with Gasteiger partial charge in [0.1, 0.15) is 5.75 Å². The predicted molar refractivity (Wildman–Crippen MR) is 110 cm³/mol. The second kappa shape index (κ2) is 9.71. The number of hydroxylamine groups is 1. The van der Waals surface area contributed by atoms with Crippen LogP contribution in [0.25, 0.3) is 0 Å². The minimum Gasteiger partial charge on any atom is -0.409 e. The third-order valence-corrected chi connectivity index (χ3v) is 5.59. The van der Waals surface area contributed by atoms with E-state index in [-0.39, 0.29) is 5.41 Å². The molecule has 0 aromatic heterocycles. The van der Waals surface area contributed by atoms with E-state index < -0.39 is 6.09 Å². The molecule has 0 radical (unpaired) electrons. The number of benzene rings is 2. The van der Waals surface area contributed by atoms with Crippen LogP contribution in [0.2, 0.25) is 0 Å². The molecule has 1 atom stereocenters. The van der Waals surface area contributed by atoms with Crippen molar-refractivity contribution in [1.82, 2.24) is 10.4 Å². The number of ether oxygens (including phenoxy) is 1. The van der Waals surface area contributed by atoms with Gasteiger partial charge in [0.05, 0.1) is 6.61 Å². The molecule has 1 aliphatic rings. The fraction of sp³-hybridized carbons (Fsp3) is 0.435. The molecule has 28 heavy (non-hydrogen) atoms. The van der Waals surface area contributed by atoms with E-state index in [4.69, 9.17) is 9.57 Å². The number of carbonyl (C=O) groups is 1. The monoisotopic (exact) mass is 382 g/mol. The van der Waals surface area contributed by atoms with Gasteiger partial charge in [-0.05, 0) is 56.1 Å². The highest BCUT2D eigenvalue weighted by atomic mass is 16.7. The highest BCUT2D eigenvalue weighted by Crippen LogP contribution is 2.37. The number of hydrogen-bond acceptors (Lipinski definition) is 4. The zero-order valence-corrected chi connectivity index (χ0v) is 16.8. The Balaban J connectivity index is 1.61. The lowest BCUT2D eigenvalue weighted by Crippen LogP contribution is -2.37. The number of likely N-dealkylation sites (N-methyl/N-ethyl adjacent to an activating group) is 1. The van der Waals surface area contributed by atoms with Gasteiger partial charge in [-0.15, -0.1) is 0 Å². The average Bonchev–Trinajstić information content (AvgIpc) is 2.91. The molecule has 1 amide bonds. The van der Waals surface area contributed by atoms with Crippen LogP contribution >= 0.6 is 0 Å². The molecule has 150 valence electrons. The van der Waals surface area contributed by atoms with Crippen LogP contribution in [0.5, 0.6) is 5.75 Å². The Hall–Kier alpha value is -2.37. The largest absolute Gasteiger partial charge is 0.436 e. The molecule has 1 aliphatic heterocycles. The quantitative estimate of drug-likeness (QED) is 0.738. The normalized spacial score (nSPS) is 20.4. The molecule has 1 unspecified atom stereocenters. The topological polar surface area (TPSA) is 50.8 Å². The lowest BCUT2D eigenvalue weighted by molar-refractivity contribution is 0.0343. The van der Waals surface area contributed by atoms with Crippen molar-refractivity contribution in [3.8, 4) is 5.75 Å². The molecule has 2 aromatic carbocycles. The summed E-state index contributed by atoms with van der Waals surface area (Å²) in [7, 11) is 2.19. The molecular formula is C23H30N2O3. The van der Waals surface area contributed by atoms with Gasteiger partial charge in [-0.2, -0.15) is 5.48 Å². The maximum absolute atomic E-state index is 12.1. The van der Waals surface area contributed by atoms with Gasteiger partial charge in [0, 0.05) is 12.0 Å². The molecule has 0 saturated carbocycles. The first-order valence-electron chi connectivity index (χ1n) is 10.0. The second-order valence-electron chi connectivity index (χ2n) is 7.62. The van der Waals surface area contributed by atoms with Crippen LogP contribution < -0.4 is 10.2 Å². The molecule has 0 aliphatic carbocycles. The van der Waals surface area contributed by atoms with Crippen LogP contribution in [0, 0.1) is 0 Å². The van der Waals surface area contributed by atoms with Crippen LogP contribution in [0.3, 0.4) is 0 Å². The van der Waals surface area contributed by atoms with Crippen molar-refractivity contribution in [2.45, 2.75) is 44.6 Å². The van der Waals surface area contributed by atoms with Gasteiger partial charge in [-0.25, -0.2) is 4.79 Å². The average molecular weight is 383 g/mol. The summed E-state index contributed by atoms with van der Waals surface area (Å²) < 4.78 is 5.44. The Labute approximate surface area is 167 Å². The summed E-state index contributed by atoms with van der Waals surface area (Å²) in [5, 5.41) is 0. The third-order valence-electron chi connectivity index (χ3n) is 5.59. The van der Waals surface area contributed by atoms with Crippen molar-refractivity contribution >= 4 is 6.09 Å². The van der Waals surface area contributed by atoms with Gasteiger partial charge in [0.2, 0.25) is 0 Å². The fourth-order valence-corrected chi connectivity index (χ4v) is 4.02. The molecule has 3 rings (SSSR count).